The smallest absolute Gasteiger partial charge is 0.253 e. The van der Waals surface area contributed by atoms with Crippen LogP contribution < -0.4 is 5.32 Å². The number of benzene rings is 1. The second kappa shape index (κ2) is 7.75. The van der Waals surface area contributed by atoms with Gasteiger partial charge in [-0.3, -0.25) is 9.78 Å². The number of aromatic nitrogens is 2. The van der Waals surface area contributed by atoms with Gasteiger partial charge >= 0.3 is 0 Å². The van der Waals surface area contributed by atoms with Crippen LogP contribution in [0.1, 0.15) is 78.5 Å². The van der Waals surface area contributed by atoms with Crippen molar-refractivity contribution >= 4 is 5.91 Å². The molecule has 0 atom stereocenters. The van der Waals surface area contributed by atoms with Crippen LogP contribution in [0.4, 0.5) is 0 Å². The predicted molar refractivity (Wildman–Crippen MR) is 121 cm³/mol. The Hall–Kier alpha value is -2.88. The first-order valence-electron chi connectivity index (χ1n) is 11.2. The zero-order valence-electron chi connectivity index (χ0n) is 17.8. The van der Waals surface area contributed by atoms with Gasteiger partial charge in [0.2, 0.25) is 0 Å². The highest BCUT2D eigenvalue weighted by molar-refractivity contribution is 5.97. The number of nitrogens with one attached hydrogen (secondary N) is 2. The van der Waals surface area contributed by atoms with Crippen molar-refractivity contribution in [3.63, 3.8) is 0 Å². The summed E-state index contributed by atoms with van der Waals surface area (Å²) in [6.07, 6.45) is 7.99. The molecule has 1 fully saturated rings. The molecular weight excluding hydrogens is 370 g/mol. The van der Waals surface area contributed by atoms with Gasteiger partial charge < -0.3 is 10.3 Å². The molecule has 1 aliphatic heterocycles. The topological polar surface area (TPSA) is 57.8 Å². The summed E-state index contributed by atoms with van der Waals surface area (Å²) in [5.74, 6) is 1.18. The van der Waals surface area contributed by atoms with E-state index in [4.69, 9.17) is 4.98 Å². The van der Waals surface area contributed by atoms with Gasteiger partial charge in [-0.05, 0) is 66.1 Å². The molecule has 1 aliphatic carbocycles. The third-order valence-corrected chi connectivity index (χ3v) is 6.64. The zero-order valence-corrected chi connectivity index (χ0v) is 17.8. The number of hydrogen-bond acceptors (Lipinski definition) is 2. The minimum Gasteiger partial charge on any atom is -0.358 e. The first-order chi connectivity index (χ1) is 14.6. The Morgan fingerprint density at radius 3 is 2.63 bits per heavy atom. The van der Waals surface area contributed by atoms with Gasteiger partial charge in [-0.25, -0.2) is 0 Å². The van der Waals surface area contributed by atoms with Crippen molar-refractivity contribution in [1.82, 2.24) is 15.3 Å². The second-order valence-corrected chi connectivity index (χ2v) is 9.04. The van der Waals surface area contributed by atoms with Crippen molar-refractivity contribution in [3.8, 4) is 22.5 Å². The molecule has 2 N–H and O–H groups in total. The summed E-state index contributed by atoms with van der Waals surface area (Å²) in [4.78, 5) is 20.3. The fourth-order valence-electron chi connectivity index (χ4n) is 4.86. The molecule has 2 aliphatic rings. The number of carbonyl (C=O) groups excluding carboxylic acids is 1. The molecule has 4 nitrogen and oxygen atoms in total. The van der Waals surface area contributed by atoms with Gasteiger partial charge in [0.05, 0.1) is 11.3 Å². The highest BCUT2D eigenvalue weighted by atomic mass is 16.1. The summed E-state index contributed by atoms with van der Waals surface area (Å²) >= 11 is 0. The van der Waals surface area contributed by atoms with Gasteiger partial charge in [0.1, 0.15) is 0 Å². The number of nitrogens with zero attached hydrogens (tertiary/aromatic N) is 1. The van der Waals surface area contributed by atoms with Crippen molar-refractivity contribution < 1.29 is 4.79 Å². The maximum Gasteiger partial charge on any atom is 0.253 e. The average Bonchev–Trinajstić information content (AvgIpc) is 3.44. The van der Waals surface area contributed by atoms with Crippen molar-refractivity contribution in [2.45, 2.75) is 57.8 Å². The molecule has 154 valence electrons. The Balaban J connectivity index is 1.54. The third-order valence-electron chi connectivity index (χ3n) is 6.64. The summed E-state index contributed by atoms with van der Waals surface area (Å²) in [6, 6.07) is 13.2. The van der Waals surface area contributed by atoms with Gasteiger partial charge in [0.15, 0.2) is 0 Å². The van der Waals surface area contributed by atoms with Crippen LogP contribution in [0.3, 0.4) is 0 Å². The largest absolute Gasteiger partial charge is 0.358 e. The molecule has 0 spiro atoms. The highest BCUT2D eigenvalue weighted by Crippen LogP contribution is 2.37. The van der Waals surface area contributed by atoms with E-state index in [9.17, 15) is 4.79 Å². The molecule has 0 saturated heterocycles. The number of rotatable bonds is 4. The Kier molecular flexibility index (Phi) is 4.93. The summed E-state index contributed by atoms with van der Waals surface area (Å²) < 4.78 is 0. The predicted octanol–water partition coefficient (Wildman–Crippen LogP) is 5.81. The zero-order chi connectivity index (χ0) is 20.7. The normalized spacial score (nSPS) is 16.7. The molecule has 1 aromatic carbocycles. The SMILES string of the molecule is CC(C)c1cc(-c2cc(-c3cc4c([nH]3)CCNC4=O)ccn2)cc(C2CCCC2)c1. The number of aromatic amines is 1. The van der Waals surface area contributed by atoms with E-state index in [0.29, 0.717) is 18.4 Å². The molecule has 1 amide bonds. The lowest BCUT2D eigenvalue weighted by atomic mass is 9.89. The van der Waals surface area contributed by atoms with E-state index in [1.54, 1.807) is 0 Å². The minimum absolute atomic E-state index is 0.0128. The Bertz CT molecular complexity index is 1090. The van der Waals surface area contributed by atoms with Gasteiger partial charge in [-0.15, -0.1) is 0 Å². The molecule has 3 heterocycles. The Morgan fingerprint density at radius 2 is 1.87 bits per heavy atom. The molecule has 30 heavy (non-hydrogen) atoms. The summed E-state index contributed by atoms with van der Waals surface area (Å²) in [7, 11) is 0. The average molecular weight is 400 g/mol. The maximum atomic E-state index is 12.1. The minimum atomic E-state index is 0.0128. The van der Waals surface area contributed by atoms with E-state index in [0.717, 1.165) is 34.6 Å². The third kappa shape index (κ3) is 3.55. The molecular formula is C26H29N3O. The quantitative estimate of drug-likeness (QED) is 0.581. The second-order valence-electron chi connectivity index (χ2n) is 9.04. The van der Waals surface area contributed by atoms with E-state index >= 15 is 0 Å². The number of carbonyl (C=O) groups is 1. The molecule has 2 aromatic heterocycles. The maximum absolute atomic E-state index is 12.1. The van der Waals surface area contributed by atoms with Gasteiger partial charge in [-0.2, -0.15) is 0 Å². The lowest BCUT2D eigenvalue weighted by Crippen LogP contribution is -2.31. The van der Waals surface area contributed by atoms with Crippen LogP contribution in [0.2, 0.25) is 0 Å². The number of hydrogen-bond donors (Lipinski definition) is 2. The van der Waals surface area contributed by atoms with Gasteiger partial charge in [0.25, 0.3) is 5.91 Å². The monoisotopic (exact) mass is 399 g/mol. The van der Waals surface area contributed by atoms with Crippen LogP contribution in [0.15, 0.2) is 42.6 Å². The molecule has 1 saturated carbocycles. The fourth-order valence-corrected chi connectivity index (χ4v) is 4.86. The molecule has 5 rings (SSSR count). The van der Waals surface area contributed by atoms with E-state index in [1.807, 2.05) is 18.3 Å². The number of fused-ring (bicyclic) bond motifs is 1. The first-order valence-corrected chi connectivity index (χ1v) is 11.2. The van der Waals surface area contributed by atoms with Crippen molar-refractivity contribution in [2.75, 3.05) is 6.54 Å². The number of pyridine rings is 1. The van der Waals surface area contributed by atoms with E-state index in [2.05, 4.69) is 48.4 Å². The molecule has 0 unspecified atom stereocenters. The Morgan fingerprint density at radius 1 is 1.03 bits per heavy atom. The van der Waals surface area contributed by atoms with Crippen molar-refractivity contribution in [2.24, 2.45) is 0 Å². The van der Waals surface area contributed by atoms with E-state index in [-0.39, 0.29) is 5.91 Å². The van der Waals surface area contributed by atoms with E-state index < -0.39 is 0 Å². The summed E-state index contributed by atoms with van der Waals surface area (Å²) in [5.41, 5.74) is 8.88. The van der Waals surface area contributed by atoms with Crippen LogP contribution in [-0.2, 0) is 6.42 Å². The lowest BCUT2D eigenvalue weighted by Gasteiger charge is -2.16. The molecule has 4 heteroatoms. The van der Waals surface area contributed by atoms with Crippen molar-refractivity contribution in [1.29, 1.82) is 0 Å². The summed E-state index contributed by atoms with van der Waals surface area (Å²) in [6.45, 7) is 5.21. The van der Waals surface area contributed by atoms with Gasteiger partial charge in [0, 0.05) is 41.7 Å². The lowest BCUT2D eigenvalue weighted by molar-refractivity contribution is 0.0946. The fraction of sp³-hybridized carbons (Fsp3) is 0.385. The van der Waals surface area contributed by atoms with Crippen molar-refractivity contribution in [3.05, 3.63) is 65.0 Å². The van der Waals surface area contributed by atoms with Gasteiger partial charge in [-0.1, -0.05) is 32.8 Å². The Labute approximate surface area is 178 Å². The number of amides is 1. The molecule has 0 bridgehead atoms. The number of H-pyrrole nitrogens is 1. The van der Waals surface area contributed by atoms with E-state index in [1.165, 1.54) is 42.4 Å². The van der Waals surface area contributed by atoms with Crippen LogP contribution in [0.25, 0.3) is 22.5 Å². The van der Waals surface area contributed by atoms with Crippen LogP contribution in [0.5, 0.6) is 0 Å². The van der Waals surface area contributed by atoms with Crippen LogP contribution >= 0.6 is 0 Å². The first kappa shape index (κ1) is 19.1. The highest BCUT2D eigenvalue weighted by Gasteiger charge is 2.21. The molecule has 0 radical (unpaired) electrons. The standard InChI is InChI=1S/C26H29N3O/c1-16(2)19-11-20(17-5-3-4-6-17)13-21(12-19)24-14-18(7-9-27-24)25-15-22-23(29-25)8-10-28-26(22)30/h7,9,11-17,29H,3-6,8,10H2,1-2H3,(H,28,30). The summed E-state index contributed by atoms with van der Waals surface area (Å²) in [5, 5.41) is 2.92. The molecule has 3 aromatic rings. The van der Waals surface area contributed by atoms with Crippen LogP contribution in [-0.4, -0.2) is 22.4 Å². The van der Waals surface area contributed by atoms with Crippen LogP contribution in [0, 0.1) is 0 Å².